The number of hydrogen-bond acceptors (Lipinski definition) is 5. The number of benzene rings is 4. The predicted octanol–water partition coefficient (Wildman–Crippen LogP) is 6.42. The number of rotatable bonds is 7. The summed E-state index contributed by atoms with van der Waals surface area (Å²) in [5.41, 5.74) is 3.57. The van der Waals surface area contributed by atoms with Gasteiger partial charge in [-0.25, -0.2) is 4.98 Å². The van der Waals surface area contributed by atoms with E-state index < -0.39 is 0 Å². The Morgan fingerprint density at radius 3 is 2.00 bits per heavy atom. The number of amides is 2. The van der Waals surface area contributed by atoms with Gasteiger partial charge in [-0.05, 0) is 66.2 Å². The number of fused-ring (bicyclic) bond motifs is 1. The van der Waals surface area contributed by atoms with Crippen molar-refractivity contribution in [3.8, 4) is 0 Å². The van der Waals surface area contributed by atoms with Gasteiger partial charge in [0.1, 0.15) is 5.82 Å². The summed E-state index contributed by atoms with van der Waals surface area (Å²) in [6.45, 7) is 0.607. The van der Waals surface area contributed by atoms with Crippen LogP contribution in [0, 0.1) is 0 Å². The Kier molecular flexibility index (Phi) is 7.28. The fraction of sp³-hybridized carbons (Fsp3) is 0.0667. The monoisotopic (exact) mass is 521 g/mol. The van der Waals surface area contributed by atoms with Crippen molar-refractivity contribution < 1.29 is 9.59 Å². The van der Waals surface area contributed by atoms with Gasteiger partial charge in [-0.3, -0.25) is 14.9 Å². The van der Waals surface area contributed by atoms with Gasteiger partial charge in [0.05, 0.1) is 5.52 Å². The zero-order valence-electron chi connectivity index (χ0n) is 20.6. The summed E-state index contributed by atoms with van der Waals surface area (Å²) in [5, 5.41) is 6.99. The summed E-state index contributed by atoms with van der Waals surface area (Å²) in [5.74, 6) is -0.245. The number of anilines is 3. The van der Waals surface area contributed by atoms with Crippen molar-refractivity contribution in [1.29, 1.82) is 0 Å². The van der Waals surface area contributed by atoms with Gasteiger partial charge >= 0.3 is 0 Å². The zero-order valence-corrected chi connectivity index (χ0v) is 21.3. The smallest absolute Gasteiger partial charge is 0.258 e. The Morgan fingerprint density at radius 2 is 1.37 bits per heavy atom. The quantitative estimate of drug-likeness (QED) is 0.258. The topological polar surface area (TPSA) is 87.2 Å². The second-order valence-electron chi connectivity index (χ2n) is 8.72. The lowest BCUT2D eigenvalue weighted by Gasteiger charge is -2.20. The van der Waals surface area contributed by atoms with Crippen LogP contribution >= 0.6 is 11.6 Å². The molecule has 2 N–H and O–H groups in total. The maximum atomic E-state index is 13.0. The van der Waals surface area contributed by atoms with E-state index in [9.17, 15) is 9.59 Å². The highest BCUT2D eigenvalue weighted by Gasteiger charge is 2.15. The number of carbonyl (C=O) groups is 2. The van der Waals surface area contributed by atoms with Gasteiger partial charge in [-0.2, -0.15) is 4.98 Å². The van der Waals surface area contributed by atoms with Gasteiger partial charge in [-0.15, -0.1) is 0 Å². The molecule has 1 heterocycles. The molecule has 0 aliphatic heterocycles. The lowest BCUT2D eigenvalue weighted by Crippen LogP contribution is -2.18. The fourth-order valence-electron chi connectivity index (χ4n) is 4.02. The maximum Gasteiger partial charge on any atom is 0.258 e. The van der Waals surface area contributed by atoms with E-state index in [1.807, 2.05) is 61.6 Å². The van der Waals surface area contributed by atoms with Crippen molar-refractivity contribution in [2.75, 3.05) is 22.6 Å². The van der Waals surface area contributed by atoms with Crippen molar-refractivity contribution >= 4 is 51.8 Å². The molecular weight excluding hydrogens is 498 g/mol. The molecule has 0 aliphatic rings. The maximum absolute atomic E-state index is 13.0. The molecule has 5 rings (SSSR count). The predicted molar refractivity (Wildman–Crippen MR) is 152 cm³/mol. The van der Waals surface area contributed by atoms with E-state index in [-0.39, 0.29) is 17.8 Å². The molecule has 0 bridgehead atoms. The standard InChI is InChI=1S/C30H24ClN5O2/c1-36(24-15-13-23(31)14-16-24)19-20-12-17-26-25(18-20)27(33-28(37)21-8-4-2-5-9-21)34-30(32-26)35-29(38)22-10-6-3-7-11-22/h2-18H,19H2,1H3,(H2,32,33,34,35,37,38). The number of carbonyl (C=O) groups excluding carboxylic acids is 2. The molecule has 5 aromatic rings. The first-order chi connectivity index (χ1) is 18.5. The summed E-state index contributed by atoms with van der Waals surface area (Å²) in [7, 11) is 1.99. The van der Waals surface area contributed by atoms with Gasteiger partial charge in [-0.1, -0.05) is 54.1 Å². The van der Waals surface area contributed by atoms with E-state index in [1.54, 1.807) is 48.5 Å². The van der Waals surface area contributed by atoms with Gasteiger partial charge in [0.25, 0.3) is 11.8 Å². The van der Waals surface area contributed by atoms with Crippen LogP contribution in [0.3, 0.4) is 0 Å². The van der Waals surface area contributed by atoms with Gasteiger partial charge in [0, 0.05) is 40.8 Å². The molecule has 0 spiro atoms. The van der Waals surface area contributed by atoms with Crippen molar-refractivity contribution in [3.05, 3.63) is 125 Å². The molecule has 8 heteroatoms. The molecule has 0 saturated carbocycles. The number of aromatic nitrogens is 2. The molecule has 0 aliphatic carbocycles. The largest absolute Gasteiger partial charge is 0.370 e. The normalized spacial score (nSPS) is 10.7. The molecule has 0 atom stereocenters. The Balaban J connectivity index is 1.49. The Bertz CT molecular complexity index is 1590. The molecule has 188 valence electrons. The highest BCUT2D eigenvalue weighted by atomic mass is 35.5. The Labute approximate surface area is 225 Å². The SMILES string of the molecule is CN(Cc1ccc2nc(NC(=O)c3ccccc3)nc(NC(=O)c3ccccc3)c2c1)c1ccc(Cl)cc1. The Morgan fingerprint density at radius 1 is 0.763 bits per heavy atom. The third kappa shape index (κ3) is 5.79. The van der Waals surface area contributed by atoms with Crippen LogP contribution < -0.4 is 15.5 Å². The van der Waals surface area contributed by atoms with E-state index >= 15 is 0 Å². The summed E-state index contributed by atoms with van der Waals surface area (Å²) in [4.78, 5) is 36.9. The number of halogens is 1. The van der Waals surface area contributed by atoms with E-state index in [4.69, 9.17) is 11.6 Å². The minimum absolute atomic E-state index is 0.0979. The van der Waals surface area contributed by atoms with Crippen molar-refractivity contribution in [3.63, 3.8) is 0 Å². The average Bonchev–Trinajstić information content (AvgIpc) is 2.94. The Hall–Kier alpha value is -4.75. The van der Waals surface area contributed by atoms with Crippen LogP contribution in [0.2, 0.25) is 5.02 Å². The number of hydrogen-bond donors (Lipinski definition) is 2. The second kappa shape index (κ2) is 11.1. The first-order valence-electron chi connectivity index (χ1n) is 12.0. The van der Waals surface area contributed by atoms with Gasteiger partial charge in [0.2, 0.25) is 5.95 Å². The number of nitrogens with zero attached hydrogens (tertiary/aromatic N) is 3. The molecule has 4 aromatic carbocycles. The molecule has 0 fully saturated rings. The summed E-state index contributed by atoms with van der Waals surface area (Å²) in [6.07, 6.45) is 0. The highest BCUT2D eigenvalue weighted by molar-refractivity contribution is 6.30. The summed E-state index contributed by atoms with van der Waals surface area (Å²) >= 11 is 6.03. The van der Waals surface area contributed by atoms with Crippen molar-refractivity contribution in [2.24, 2.45) is 0 Å². The molecule has 0 saturated heterocycles. The number of nitrogens with one attached hydrogen (secondary N) is 2. The van der Waals surface area contributed by atoms with E-state index in [1.165, 1.54) is 0 Å². The lowest BCUT2D eigenvalue weighted by atomic mass is 10.1. The molecule has 38 heavy (non-hydrogen) atoms. The fourth-order valence-corrected chi connectivity index (χ4v) is 4.14. The van der Waals surface area contributed by atoms with E-state index in [0.717, 1.165) is 11.3 Å². The van der Waals surface area contributed by atoms with Crippen LogP contribution in [-0.4, -0.2) is 28.8 Å². The molecule has 0 unspecified atom stereocenters. The minimum atomic E-state index is -0.341. The second-order valence-corrected chi connectivity index (χ2v) is 9.16. The van der Waals surface area contributed by atoms with Crippen LogP contribution in [0.15, 0.2) is 103 Å². The van der Waals surface area contributed by atoms with Crippen LogP contribution in [0.4, 0.5) is 17.5 Å². The molecular formula is C30H24ClN5O2. The summed E-state index contributed by atoms with van der Waals surface area (Å²) in [6, 6.07) is 31.1. The lowest BCUT2D eigenvalue weighted by molar-refractivity contribution is 0.101. The van der Waals surface area contributed by atoms with E-state index in [0.29, 0.717) is 39.4 Å². The van der Waals surface area contributed by atoms with Gasteiger partial charge in [0.15, 0.2) is 0 Å². The molecule has 0 radical (unpaired) electrons. The van der Waals surface area contributed by atoms with Crippen LogP contribution in [-0.2, 0) is 6.54 Å². The first kappa shape index (κ1) is 24.9. The van der Waals surface area contributed by atoms with Gasteiger partial charge < -0.3 is 10.2 Å². The molecule has 7 nitrogen and oxygen atoms in total. The average molecular weight is 522 g/mol. The van der Waals surface area contributed by atoms with E-state index in [2.05, 4.69) is 25.5 Å². The molecule has 1 aromatic heterocycles. The third-order valence-electron chi connectivity index (χ3n) is 5.98. The highest BCUT2D eigenvalue weighted by Crippen LogP contribution is 2.26. The van der Waals surface area contributed by atoms with Crippen LogP contribution in [0.1, 0.15) is 26.3 Å². The summed E-state index contributed by atoms with van der Waals surface area (Å²) < 4.78 is 0. The minimum Gasteiger partial charge on any atom is -0.370 e. The van der Waals surface area contributed by atoms with Crippen LogP contribution in [0.5, 0.6) is 0 Å². The molecule has 2 amide bonds. The van der Waals surface area contributed by atoms with Crippen molar-refractivity contribution in [1.82, 2.24) is 9.97 Å². The first-order valence-corrected chi connectivity index (χ1v) is 12.3. The van der Waals surface area contributed by atoms with Crippen LogP contribution in [0.25, 0.3) is 10.9 Å². The zero-order chi connectivity index (χ0) is 26.5. The van der Waals surface area contributed by atoms with Crippen molar-refractivity contribution in [2.45, 2.75) is 6.54 Å². The third-order valence-corrected chi connectivity index (χ3v) is 6.23.